The van der Waals surface area contributed by atoms with Crippen LogP contribution in [0.2, 0.25) is 0 Å². The molecule has 1 aromatic heterocycles. The molecule has 0 radical (unpaired) electrons. The molecule has 160 valence electrons. The quantitative estimate of drug-likeness (QED) is 0.427. The molecule has 5 rings (SSSR count). The maximum Gasteiger partial charge on any atom is 0.231 e. The number of nitrogens with zero attached hydrogens (tertiary/aromatic N) is 1. The molecule has 0 atom stereocenters. The van der Waals surface area contributed by atoms with Gasteiger partial charge in [-0.05, 0) is 48.9 Å². The van der Waals surface area contributed by atoms with Crippen LogP contribution in [0, 0.1) is 0 Å². The fraction of sp³-hybridized carbons (Fsp3) is 0.154. The summed E-state index contributed by atoms with van der Waals surface area (Å²) in [6.45, 7) is 3.01. The lowest BCUT2D eigenvalue weighted by atomic mass is 10.0. The normalized spacial score (nSPS) is 12.2. The summed E-state index contributed by atoms with van der Waals surface area (Å²) >= 11 is 0. The second-order valence-electron chi connectivity index (χ2n) is 7.49. The average molecular weight is 427 g/mol. The third-order valence-electron chi connectivity index (χ3n) is 5.44. The molecule has 0 bridgehead atoms. The number of aromatic nitrogens is 1. The summed E-state index contributed by atoms with van der Waals surface area (Å²) in [7, 11) is 0. The predicted molar refractivity (Wildman–Crippen MR) is 121 cm³/mol. The van der Waals surface area contributed by atoms with E-state index in [9.17, 15) is 9.59 Å². The van der Waals surface area contributed by atoms with E-state index in [1.165, 1.54) is 0 Å². The number of fused-ring (bicyclic) bond motifs is 2. The number of pyridine rings is 1. The molecule has 0 spiro atoms. The Morgan fingerprint density at radius 1 is 1.00 bits per heavy atom. The van der Waals surface area contributed by atoms with Crippen LogP contribution in [0.4, 0.5) is 0 Å². The molecule has 3 aromatic carbocycles. The van der Waals surface area contributed by atoms with Crippen LogP contribution >= 0.6 is 0 Å². The van der Waals surface area contributed by atoms with E-state index < -0.39 is 0 Å². The monoisotopic (exact) mass is 427 g/mol. The van der Waals surface area contributed by atoms with Gasteiger partial charge in [0, 0.05) is 18.3 Å². The molecule has 1 aliphatic rings. The van der Waals surface area contributed by atoms with Crippen LogP contribution < -0.4 is 19.6 Å². The Kier molecular flexibility index (Phi) is 5.11. The summed E-state index contributed by atoms with van der Waals surface area (Å²) in [5.74, 6) is 1.32. The Balaban J connectivity index is 1.66. The van der Waals surface area contributed by atoms with Gasteiger partial charge in [0.25, 0.3) is 0 Å². The number of carbonyl (C=O) groups excluding carboxylic acids is 1. The van der Waals surface area contributed by atoms with Crippen molar-refractivity contribution < 1.29 is 19.0 Å². The largest absolute Gasteiger partial charge is 0.494 e. The minimum Gasteiger partial charge on any atom is -0.494 e. The molecular formula is C26H21NO5. The highest BCUT2D eigenvalue weighted by molar-refractivity contribution is 6.10. The highest BCUT2D eigenvalue weighted by Crippen LogP contribution is 2.33. The second kappa shape index (κ2) is 8.23. The van der Waals surface area contributed by atoms with Crippen molar-refractivity contribution in [2.24, 2.45) is 0 Å². The maximum absolute atomic E-state index is 13.4. The number of carbonyl (C=O) groups is 1. The highest BCUT2D eigenvalue weighted by atomic mass is 16.7. The zero-order valence-electron chi connectivity index (χ0n) is 17.5. The van der Waals surface area contributed by atoms with E-state index in [-0.39, 0.29) is 23.6 Å². The van der Waals surface area contributed by atoms with Crippen molar-refractivity contribution in [2.75, 3.05) is 13.4 Å². The van der Waals surface area contributed by atoms with E-state index in [1.807, 2.05) is 54.0 Å². The molecule has 1 aliphatic heterocycles. The van der Waals surface area contributed by atoms with Crippen LogP contribution in [0.25, 0.3) is 10.9 Å². The third-order valence-corrected chi connectivity index (χ3v) is 5.44. The Morgan fingerprint density at radius 3 is 2.62 bits per heavy atom. The summed E-state index contributed by atoms with van der Waals surface area (Å²) in [5, 5.41) is 0.443. The zero-order valence-corrected chi connectivity index (χ0v) is 17.5. The summed E-state index contributed by atoms with van der Waals surface area (Å²) in [5.41, 5.74) is 1.95. The Morgan fingerprint density at radius 2 is 1.81 bits per heavy atom. The van der Waals surface area contributed by atoms with Gasteiger partial charge in [-0.15, -0.1) is 0 Å². The topological polar surface area (TPSA) is 66.8 Å². The molecule has 0 fully saturated rings. The predicted octanol–water partition coefficient (Wildman–Crippen LogP) is 4.41. The lowest BCUT2D eigenvalue weighted by molar-refractivity contribution is 0.103. The molecule has 0 unspecified atom stereocenters. The van der Waals surface area contributed by atoms with Gasteiger partial charge in [-0.1, -0.05) is 30.3 Å². The van der Waals surface area contributed by atoms with Crippen molar-refractivity contribution in [3.8, 4) is 17.2 Å². The van der Waals surface area contributed by atoms with E-state index in [0.29, 0.717) is 41.3 Å². The van der Waals surface area contributed by atoms with Gasteiger partial charge in [0.1, 0.15) is 5.75 Å². The first kappa shape index (κ1) is 19.9. The van der Waals surface area contributed by atoms with Gasteiger partial charge in [-0.25, -0.2) is 0 Å². The van der Waals surface area contributed by atoms with Crippen molar-refractivity contribution in [1.82, 2.24) is 4.57 Å². The van der Waals surface area contributed by atoms with Crippen LogP contribution in [0.15, 0.2) is 77.7 Å². The molecule has 32 heavy (non-hydrogen) atoms. The average Bonchev–Trinajstić information content (AvgIpc) is 3.29. The summed E-state index contributed by atoms with van der Waals surface area (Å²) in [4.78, 5) is 26.8. The molecular weight excluding hydrogens is 406 g/mol. The van der Waals surface area contributed by atoms with Gasteiger partial charge in [0.15, 0.2) is 17.3 Å². The van der Waals surface area contributed by atoms with Crippen LogP contribution in [-0.4, -0.2) is 23.8 Å². The molecule has 0 aliphatic carbocycles. The van der Waals surface area contributed by atoms with E-state index in [2.05, 4.69) is 0 Å². The highest BCUT2D eigenvalue weighted by Gasteiger charge is 2.21. The lowest BCUT2D eigenvalue weighted by Crippen LogP contribution is -2.20. The number of ketones is 1. The van der Waals surface area contributed by atoms with Crippen LogP contribution in [0.5, 0.6) is 17.2 Å². The van der Waals surface area contributed by atoms with Crippen molar-refractivity contribution in [1.29, 1.82) is 0 Å². The van der Waals surface area contributed by atoms with Gasteiger partial charge >= 0.3 is 0 Å². The van der Waals surface area contributed by atoms with E-state index in [1.54, 1.807) is 30.5 Å². The SMILES string of the molecule is CCOc1ccc2c(c1)c(=O)c(C(=O)c1ccc3c(c1)OCO3)cn2Cc1ccccc1. The summed E-state index contributed by atoms with van der Waals surface area (Å²) in [6.07, 6.45) is 1.64. The van der Waals surface area contributed by atoms with E-state index >= 15 is 0 Å². The first-order chi connectivity index (χ1) is 15.6. The number of hydrogen-bond donors (Lipinski definition) is 0. The Labute approximate surface area is 184 Å². The van der Waals surface area contributed by atoms with Crippen molar-refractivity contribution >= 4 is 16.7 Å². The summed E-state index contributed by atoms with van der Waals surface area (Å²) in [6, 6.07) is 20.3. The molecule has 6 heteroatoms. The van der Waals surface area contributed by atoms with Gasteiger partial charge in [0.05, 0.1) is 23.1 Å². The third kappa shape index (κ3) is 3.60. The van der Waals surface area contributed by atoms with Crippen LogP contribution in [-0.2, 0) is 6.54 Å². The number of benzene rings is 3. The van der Waals surface area contributed by atoms with E-state index in [4.69, 9.17) is 14.2 Å². The van der Waals surface area contributed by atoms with Crippen molar-refractivity contribution in [2.45, 2.75) is 13.5 Å². The zero-order chi connectivity index (χ0) is 22.1. The van der Waals surface area contributed by atoms with Crippen molar-refractivity contribution in [3.63, 3.8) is 0 Å². The second-order valence-corrected chi connectivity index (χ2v) is 7.49. The van der Waals surface area contributed by atoms with Gasteiger partial charge < -0.3 is 18.8 Å². The maximum atomic E-state index is 13.4. The molecule has 0 N–H and O–H groups in total. The molecule has 2 heterocycles. The summed E-state index contributed by atoms with van der Waals surface area (Å²) < 4.78 is 18.3. The Bertz CT molecular complexity index is 1370. The minimum atomic E-state index is -0.362. The molecule has 4 aromatic rings. The Hall–Kier alpha value is -4.06. The minimum absolute atomic E-state index is 0.0981. The lowest BCUT2D eigenvalue weighted by Gasteiger charge is -2.15. The van der Waals surface area contributed by atoms with Crippen LogP contribution in [0.1, 0.15) is 28.4 Å². The fourth-order valence-electron chi connectivity index (χ4n) is 3.90. The fourth-order valence-corrected chi connectivity index (χ4v) is 3.90. The van der Waals surface area contributed by atoms with Crippen molar-refractivity contribution in [3.05, 3.63) is 99.8 Å². The van der Waals surface area contributed by atoms with Gasteiger partial charge in [0.2, 0.25) is 12.2 Å². The standard InChI is InChI=1S/C26H21NO5/c1-2-30-19-9-10-22-20(13-19)26(29)21(15-27(22)14-17-6-4-3-5-7-17)25(28)18-8-11-23-24(12-18)32-16-31-23/h3-13,15H,2,14,16H2,1H3. The molecule has 0 saturated heterocycles. The number of hydrogen-bond acceptors (Lipinski definition) is 5. The van der Waals surface area contributed by atoms with Gasteiger partial charge in [-0.2, -0.15) is 0 Å². The van der Waals surface area contributed by atoms with Gasteiger partial charge in [-0.3, -0.25) is 9.59 Å². The van der Waals surface area contributed by atoms with E-state index in [0.717, 1.165) is 11.1 Å². The molecule has 0 saturated carbocycles. The smallest absolute Gasteiger partial charge is 0.231 e. The first-order valence-electron chi connectivity index (χ1n) is 10.4. The molecule has 0 amide bonds. The first-order valence-corrected chi connectivity index (χ1v) is 10.4. The number of ether oxygens (including phenoxy) is 3. The number of rotatable bonds is 6. The molecule has 6 nitrogen and oxygen atoms in total. The van der Waals surface area contributed by atoms with Crippen LogP contribution in [0.3, 0.4) is 0 Å².